The van der Waals surface area contributed by atoms with Gasteiger partial charge in [0, 0.05) is 22.7 Å². The van der Waals surface area contributed by atoms with E-state index in [2.05, 4.69) is 15.4 Å². The molecule has 0 bridgehead atoms. The van der Waals surface area contributed by atoms with Gasteiger partial charge in [-0.15, -0.1) is 5.10 Å². The molecule has 0 aliphatic carbocycles. The molecule has 28 heavy (non-hydrogen) atoms. The first-order valence-corrected chi connectivity index (χ1v) is 9.54. The molecule has 2 heterocycles. The number of alkyl halides is 3. The number of halogens is 5. The van der Waals surface area contributed by atoms with Gasteiger partial charge in [0.2, 0.25) is 15.9 Å². The number of carbonyl (C=O) groups excluding carboxylic acids is 1. The van der Waals surface area contributed by atoms with E-state index in [-0.39, 0.29) is 21.7 Å². The molecule has 0 unspecified atom stereocenters. The van der Waals surface area contributed by atoms with Gasteiger partial charge in [-0.1, -0.05) is 34.5 Å². The largest absolute Gasteiger partial charge is 0.445 e. The summed E-state index contributed by atoms with van der Waals surface area (Å²) in [4.78, 5) is 16.2. The predicted molar refractivity (Wildman–Crippen MR) is 104 cm³/mol. The van der Waals surface area contributed by atoms with Gasteiger partial charge in [0.25, 0.3) is 0 Å². The summed E-state index contributed by atoms with van der Waals surface area (Å²) in [5, 5.41) is 5.92. The first-order valence-electron chi connectivity index (χ1n) is 7.97. The zero-order chi connectivity index (χ0) is 20.6. The van der Waals surface area contributed by atoms with Crippen molar-refractivity contribution in [1.29, 1.82) is 0 Å². The maximum Gasteiger partial charge on any atom is 0.445 e. The Morgan fingerprint density at radius 1 is 1.32 bits per heavy atom. The molecule has 1 amide bonds. The maximum atomic E-state index is 13.0. The topological polar surface area (TPSA) is 59.3 Å². The van der Waals surface area contributed by atoms with E-state index in [0.717, 1.165) is 4.52 Å². The molecule has 0 fully saturated rings. The quantitative estimate of drug-likeness (QED) is 0.549. The highest BCUT2D eigenvalue weighted by atomic mass is 35.5. The smallest absolute Gasteiger partial charge is 0.350 e. The van der Waals surface area contributed by atoms with Crippen LogP contribution in [0.2, 0.25) is 10.0 Å². The first kappa shape index (κ1) is 20.6. The Morgan fingerprint density at radius 3 is 2.64 bits per heavy atom. The number of benzene rings is 1. The number of hydrogen-bond acceptors (Lipinski definition) is 4. The SMILES string of the molecule is CC(C)NC(=O)C=Cc1c(-c2ccc(Cl)cc2Cl)nc2sc(C(F)(F)F)nn12. The third kappa shape index (κ3) is 4.31. The van der Waals surface area contributed by atoms with Crippen LogP contribution in [0.5, 0.6) is 0 Å². The van der Waals surface area contributed by atoms with Crippen molar-refractivity contribution in [3.8, 4) is 11.3 Å². The number of fused-ring (bicyclic) bond motifs is 1. The van der Waals surface area contributed by atoms with Crippen molar-refractivity contribution in [2.75, 3.05) is 0 Å². The van der Waals surface area contributed by atoms with Crippen LogP contribution in [-0.4, -0.2) is 26.5 Å². The molecule has 0 aliphatic rings. The Balaban J connectivity index is 2.16. The summed E-state index contributed by atoms with van der Waals surface area (Å²) >= 11 is 12.5. The van der Waals surface area contributed by atoms with Gasteiger partial charge in [0.15, 0.2) is 0 Å². The molecule has 0 spiro atoms. The minimum absolute atomic E-state index is 0.0252. The lowest BCUT2D eigenvalue weighted by Crippen LogP contribution is -2.28. The summed E-state index contributed by atoms with van der Waals surface area (Å²) in [6.45, 7) is 3.58. The minimum Gasteiger partial charge on any atom is -0.350 e. The molecule has 0 saturated carbocycles. The van der Waals surface area contributed by atoms with Crippen molar-refractivity contribution in [2.45, 2.75) is 26.1 Å². The molecule has 1 N–H and O–H groups in total. The zero-order valence-corrected chi connectivity index (χ0v) is 16.8. The van der Waals surface area contributed by atoms with Crippen LogP contribution in [0, 0.1) is 0 Å². The zero-order valence-electron chi connectivity index (χ0n) is 14.5. The van der Waals surface area contributed by atoms with Crippen LogP contribution in [0.25, 0.3) is 22.3 Å². The molecule has 0 radical (unpaired) electrons. The van der Waals surface area contributed by atoms with Crippen molar-refractivity contribution in [3.05, 3.63) is 45.0 Å². The standard InChI is InChI=1S/C17H13Cl2F3N4OS/c1-8(2)23-13(27)6-5-12-14(10-4-3-9(18)7-11(10)19)24-16-26(12)25-15(28-16)17(20,21)22/h3-8H,1-2H3,(H,23,27). The highest BCUT2D eigenvalue weighted by molar-refractivity contribution is 7.16. The summed E-state index contributed by atoms with van der Waals surface area (Å²) in [7, 11) is 0. The van der Waals surface area contributed by atoms with Gasteiger partial charge in [0.1, 0.15) is 5.69 Å². The van der Waals surface area contributed by atoms with Crippen LogP contribution in [0.4, 0.5) is 13.2 Å². The Bertz CT molecular complexity index is 1070. The minimum atomic E-state index is -4.60. The Labute approximate surface area is 171 Å². The van der Waals surface area contributed by atoms with Gasteiger partial charge in [0.05, 0.1) is 10.7 Å². The molecular formula is C17H13Cl2F3N4OS. The lowest BCUT2D eigenvalue weighted by atomic mass is 10.1. The van der Waals surface area contributed by atoms with E-state index < -0.39 is 17.1 Å². The summed E-state index contributed by atoms with van der Waals surface area (Å²) in [6, 6.07) is 4.60. The third-order valence-electron chi connectivity index (χ3n) is 3.49. The number of rotatable bonds is 4. The molecule has 0 saturated heterocycles. The number of nitrogens with zero attached hydrogens (tertiary/aromatic N) is 3. The van der Waals surface area contributed by atoms with E-state index in [9.17, 15) is 18.0 Å². The number of amides is 1. The van der Waals surface area contributed by atoms with Crippen LogP contribution in [0.15, 0.2) is 24.3 Å². The van der Waals surface area contributed by atoms with Gasteiger partial charge in [-0.05, 0) is 38.1 Å². The van der Waals surface area contributed by atoms with Crippen LogP contribution >= 0.6 is 34.5 Å². The fourth-order valence-electron chi connectivity index (χ4n) is 2.40. The predicted octanol–water partition coefficient (Wildman–Crippen LogP) is 5.32. The van der Waals surface area contributed by atoms with Gasteiger partial charge in [-0.25, -0.2) is 9.50 Å². The molecule has 3 rings (SSSR count). The van der Waals surface area contributed by atoms with Gasteiger partial charge in [-0.2, -0.15) is 13.2 Å². The van der Waals surface area contributed by atoms with Crippen molar-refractivity contribution >= 4 is 51.5 Å². The molecule has 3 aromatic rings. The second-order valence-corrected chi connectivity index (χ2v) is 7.87. The van der Waals surface area contributed by atoms with Crippen LogP contribution in [-0.2, 0) is 11.0 Å². The highest BCUT2D eigenvalue weighted by Gasteiger charge is 2.36. The Kier molecular flexibility index (Phi) is 5.69. The summed E-state index contributed by atoms with van der Waals surface area (Å²) in [6.07, 6.45) is -2.03. The summed E-state index contributed by atoms with van der Waals surface area (Å²) in [5.74, 6) is -0.399. The van der Waals surface area contributed by atoms with Crippen LogP contribution < -0.4 is 5.32 Å². The second-order valence-electron chi connectivity index (χ2n) is 6.07. The number of aromatic nitrogens is 3. The first-order chi connectivity index (χ1) is 13.1. The average molecular weight is 449 g/mol. The second kappa shape index (κ2) is 7.73. The number of carbonyl (C=O) groups is 1. The molecule has 0 aliphatic heterocycles. The monoisotopic (exact) mass is 448 g/mol. The van der Waals surface area contributed by atoms with Gasteiger partial charge in [-0.3, -0.25) is 4.79 Å². The van der Waals surface area contributed by atoms with Crippen molar-refractivity contribution in [1.82, 2.24) is 19.9 Å². The fourth-order valence-corrected chi connectivity index (χ4v) is 3.67. The molecule has 0 atom stereocenters. The summed E-state index contributed by atoms with van der Waals surface area (Å²) in [5.41, 5.74) is 0.953. The summed E-state index contributed by atoms with van der Waals surface area (Å²) < 4.78 is 40.1. The molecular weight excluding hydrogens is 436 g/mol. The van der Waals surface area contributed by atoms with Crippen LogP contribution in [0.3, 0.4) is 0 Å². The van der Waals surface area contributed by atoms with Crippen LogP contribution in [0.1, 0.15) is 24.5 Å². The molecule has 2 aromatic heterocycles. The van der Waals surface area contributed by atoms with E-state index in [1.807, 2.05) is 0 Å². The van der Waals surface area contributed by atoms with Crippen molar-refractivity contribution in [3.63, 3.8) is 0 Å². The molecule has 148 valence electrons. The van der Waals surface area contributed by atoms with E-state index in [1.165, 1.54) is 18.2 Å². The van der Waals surface area contributed by atoms with E-state index in [1.54, 1.807) is 26.0 Å². The highest BCUT2D eigenvalue weighted by Crippen LogP contribution is 2.37. The van der Waals surface area contributed by atoms with Crippen molar-refractivity contribution in [2.24, 2.45) is 0 Å². The van der Waals surface area contributed by atoms with Gasteiger partial charge < -0.3 is 5.32 Å². The molecule has 1 aromatic carbocycles. The Hall–Kier alpha value is -2.10. The van der Waals surface area contributed by atoms with Gasteiger partial charge >= 0.3 is 6.18 Å². The normalized spacial score (nSPS) is 12.4. The number of nitrogens with one attached hydrogen (secondary N) is 1. The maximum absolute atomic E-state index is 13.0. The van der Waals surface area contributed by atoms with E-state index in [4.69, 9.17) is 23.2 Å². The number of hydrogen-bond donors (Lipinski definition) is 1. The lowest BCUT2D eigenvalue weighted by molar-refractivity contribution is -0.138. The lowest BCUT2D eigenvalue weighted by Gasteiger charge is -2.05. The van der Waals surface area contributed by atoms with E-state index >= 15 is 0 Å². The van der Waals surface area contributed by atoms with E-state index in [0.29, 0.717) is 27.6 Å². The average Bonchev–Trinajstić information content (AvgIpc) is 3.10. The Morgan fingerprint density at radius 2 is 2.04 bits per heavy atom. The molecule has 5 nitrogen and oxygen atoms in total. The number of imidazole rings is 1. The fraction of sp³-hybridized carbons (Fsp3) is 0.235. The third-order valence-corrected chi connectivity index (χ3v) is 4.99. The molecule has 11 heteroatoms. The van der Waals surface area contributed by atoms with Crippen molar-refractivity contribution < 1.29 is 18.0 Å².